The van der Waals surface area contributed by atoms with Crippen molar-refractivity contribution in [1.29, 1.82) is 0 Å². The first kappa shape index (κ1) is 15.0. The summed E-state index contributed by atoms with van der Waals surface area (Å²) in [5.74, 6) is 0. The van der Waals surface area contributed by atoms with Crippen LogP contribution in [-0.2, 0) is 6.18 Å². The molecular formula is C10H11BrF3NO. The zero-order chi connectivity index (χ0) is 12.9. The van der Waals surface area contributed by atoms with Gasteiger partial charge in [-0.15, -0.1) is 0 Å². The molecule has 0 saturated carbocycles. The molecule has 1 aromatic rings. The molecule has 1 rings (SSSR count). The van der Waals surface area contributed by atoms with Crippen LogP contribution in [0, 0.1) is 0 Å². The molecule has 0 heterocycles. The van der Waals surface area contributed by atoms with E-state index in [9.17, 15) is 18.0 Å². The molecule has 16 heavy (non-hydrogen) atoms. The molecule has 6 heteroatoms. The number of rotatable bonds is 1. The summed E-state index contributed by atoms with van der Waals surface area (Å²) in [6.45, 7) is 4.00. The molecule has 0 bridgehead atoms. The van der Waals surface area contributed by atoms with Crippen LogP contribution in [0.1, 0.15) is 29.8 Å². The number of carbonyl (C=O) groups is 1. The second-order valence-electron chi connectivity index (χ2n) is 2.58. The topological polar surface area (TPSA) is 43.1 Å². The predicted octanol–water partition coefficient (Wildman–Crippen LogP) is 3.89. The van der Waals surface area contributed by atoms with Gasteiger partial charge in [-0.3, -0.25) is 4.79 Å². The minimum atomic E-state index is -4.48. The van der Waals surface area contributed by atoms with E-state index in [0.717, 1.165) is 6.07 Å². The molecule has 0 spiro atoms. The standard InChI is InChI=1S/C8H5BrF3NO.C2H6/c9-6-2-5(8(10,11)12)1-4(3-14)7(6)13;1-2/h1-3H,13H2;1-2H3. The summed E-state index contributed by atoms with van der Waals surface area (Å²) in [7, 11) is 0. The Morgan fingerprint density at radius 2 is 1.81 bits per heavy atom. The number of alkyl halides is 3. The van der Waals surface area contributed by atoms with Gasteiger partial charge < -0.3 is 5.73 Å². The molecule has 2 nitrogen and oxygen atoms in total. The maximum atomic E-state index is 12.2. The molecule has 0 unspecified atom stereocenters. The maximum Gasteiger partial charge on any atom is 0.416 e. The summed E-state index contributed by atoms with van der Waals surface area (Å²) in [5, 5.41) is 0. The number of aldehydes is 1. The van der Waals surface area contributed by atoms with Crippen LogP contribution in [0.3, 0.4) is 0 Å². The van der Waals surface area contributed by atoms with E-state index in [4.69, 9.17) is 5.73 Å². The first-order chi connectivity index (χ1) is 7.36. The van der Waals surface area contributed by atoms with Crippen molar-refractivity contribution < 1.29 is 18.0 Å². The Kier molecular flexibility index (Phi) is 5.50. The van der Waals surface area contributed by atoms with E-state index >= 15 is 0 Å². The fourth-order valence-corrected chi connectivity index (χ4v) is 1.38. The van der Waals surface area contributed by atoms with Gasteiger partial charge in [0.2, 0.25) is 0 Å². The third-order valence-electron chi connectivity index (χ3n) is 1.62. The summed E-state index contributed by atoms with van der Waals surface area (Å²) in [4.78, 5) is 10.4. The van der Waals surface area contributed by atoms with E-state index in [1.165, 1.54) is 0 Å². The Morgan fingerprint density at radius 3 is 2.19 bits per heavy atom. The van der Waals surface area contributed by atoms with Crippen molar-refractivity contribution in [2.75, 3.05) is 5.73 Å². The van der Waals surface area contributed by atoms with Crippen molar-refractivity contribution in [2.45, 2.75) is 20.0 Å². The molecule has 0 saturated heterocycles. The number of hydrogen-bond donors (Lipinski definition) is 1. The first-order valence-corrected chi connectivity index (χ1v) is 5.27. The molecule has 0 aliphatic heterocycles. The lowest BCUT2D eigenvalue weighted by Crippen LogP contribution is -2.07. The Labute approximate surface area is 99.8 Å². The van der Waals surface area contributed by atoms with Crippen molar-refractivity contribution in [3.63, 3.8) is 0 Å². The zero-order valence-electron chi connectivity index (χ0n) is 8.73. The number of benzene rings is 1. The van der Waals surface area contributed by atoms with Gasteiger partial charge in [-0.25, -0.2) is 0 Å². The summed E-state index contributed by atoms with van der Waals surface area (Å²) < 4.78 is 36.8. The molecule has 0 aliphatic carbocycles. The van der Waals surface area contributed by atoms with Crippen molar-refractivity contribution in [3.8, 4) is 0 Å². The largest absolute Gasteiger partial charge is 0.416 e. The smallest absolute Gasteiger partial charge is 0.397 e. The van der Waals surface area contributed by atoms with Crippen LogP contribution < -0.4 is 5.73 Å². The molecule has 0 radical (unpaired) electrons. The molecule has 2 N–H and O–H groups in total. The van der Waals surface area contributed by atoms with Gasteiger partial charge in [-0.1, -0.05) is 13.8 Å². The Balaban J connectivity index is 0.00000106. The normalized spacial score (nSPS) is 10.4. The van der Waals surface area contributed by atoms with Gasteiger partial charge in [0.25, 0.3) is 0 Å². The van der Waals surface area contributed by atoms with Crippen LogP contribution in [0.4, 0.5) is 18.9 Å². The molecule has 1 aromatic carbocycles. The summed E-state index contributed by atoms with van der Waals surface area (Å²) in [5.41, 5.74) is 4.29. The first-order valence-electron chi connectivity index (χ1n) is 4.47. The van der Waals surface area contributed by atoms with E-state index in [1.54, 1.807) is 0 Å². The van der Waals surface area contributed by atoms with Crippen LogP contribution in [0.2, 0.25) is 0 Å². The second kappa shape index (κ2) is 5.89. The van der Waals surface area contributed by atoms with E-state index in [1.807, 2.05) is 13.8 Å². The molecule has 0 aliphatic rings. The lowest BCUT2D eigenvalue weighted by atomic mass is 10.1. The number of anilines is 1. The molecule has 0 amide bonds. The highest BCUT2D eigenvalue weighted by Gasteiger charge is 2.31. The van der Waals surface area contributed by atoms with E-state index in [-0.39, 0.29) is 22.0 Å². The number of nitrogen functional groups attached to an aromatic ring is 1. The van der Waals surface area contributed by atoms with E-state index in [2.05, 4.69) is 15.9 Å². The van der Waals surface area contributed by atoms with Gasteiger partial charge in [0.15, 0.2) is 6.29 Å². The summed E-state index contributed by atoms with van der Waals surface area (Å²) >= 11 is 2.85. The van der Waals surface area contributed by atoms with Gasteiger partial charge >= 0.3 is 6.18 Å². The van der Waals surface area contributed by atoms with Crippen LogP contribution in [-0.4, -0.2) is 6.29 Å². The lowest BCUT2D eigenvalue weighted by Gasteiger charge is -2.09. The van der Waals surface area contributed by atoms with Crippen molar-refractivity contribution >= 4 is 27.9 Å². The Hall–Kier alpha value is -1.04. The number of nitrogens with two attached hydrogens (primary N) is 1. The van der Waals surface area contributed by atoms with Crippen molar-refractivity contribution in [1.82, 2.24) is 0 Å². The quantitative estimate of drug-likeness (QED) is 0.631. The van der Waals surface area contributed by atoms with Crippen molar-refractivity contribution in [3.05, 3.63) is 27.7 Å². The van der Waals surface area contributed by atoms with Crippen LogP contribution >= 0.6 is 15.9 Å². The van der Waals surface area contributed by atoms with Gasteiger partial charge in [0.05, 0.1) is 11.3 Å². The zero-order valence-corrected chi connectivity index (χ0v) is 10.3. The third-order valence-corrected chi connectivity index (χ3v) is 2.27. The average molecular weight is 298 g/mol. The SMILES string of the molecule is CC.Nc1c(Br)cc(C(F)(F)F)cc1C=O. The number of carbonyl (C=O) groups excluding carboxylic acids is 1. The van der Waals surface area contributed by atoms with Gasteiger partial charge in [0, 0.05) is 10.0 Å². The fourth-order valence-electron chi connectivity index (χ4n) is 0.900. The van der Waals surface area contributed by atoms with Crippen molar-refractivity contribution in [2.24, 2.45) is 0 Å². The van der Waals surface area contributed by atoms with Crippen LogP contribution in [0.15, 0.2) is 16.6 Å². The predicted molar refractivity (Wildman–Crippen MR) is 60.3 cm³/mol. The van der Waals surface area contributed by atoms with Crippen LogP contribution in [0.5, 0.6) is 0 Å². The minimum Gasteiger partial charge on any atom is -0.397 e. The fraction of sp³-hybridized carbons (Fsp3) is 0.300. The minimum absolute atomic E-state index is 0.00741. The van der Waals surface area contributed by atoms with Crippen LogP contribution in [0.25, 0.3) is 0 Å². The molecule has 90 valence electrons. The van der Waals surface area contributed by atoms with E-state index < -0.39 is 11.7 Å². The molecule has 0 aromatic heterocycles. The number of hydrogen-bond acceptors (Lipinski definition) is 2. The maximum absolute atomic E-state index is 12.2. The number of halogens is 4. The highest BCUT2D eigenvalue weighted by atomic mass is 79.9. The lowest BCUT2D eigenvalue weighted by molar-refractivity contribution is -0.137. The highest BCUT2D eigenvalue weighted by molar-refractivity contribution is 9.10. The third kappa shape index (κ3) is 3.52. The average Bonchev–Trinajstić information content (AvgIpc) is 2.23. The molecule has 0 fully saturated rings. The second-order valence-corrected chi connectivity index (χ2v) is 3.43. The Morgan fingerprint density at radius 1 is 1.31 bits per heavy atom. The molecular weight excluding hydrogens is 287 g/mol. The Bertz CT molecular complexity index is 377. The monoisotopic (exact) mass is 297 g/mol. The highest BCUT2D eigenvalue weighted by Crippen LogP contribution is 2.34. The van der Waals surface area contributed by atoms with Gasteiger partial charge in [-0.05, 0) is 28.1 Å². The summed E-state index contributed by atoms with van der Waals surface area (Å²) in [6, 6.07) is 1.55. The summed E-state index contributed by atoms with van der Waals surface area (Å²) in [6.07, 6.45) is -4.19. The van der Waals surface area contributed by atoms with E-state index in [0.29, 0.717) is 6.07 Å². The van der Waals surface area contributed by atoms with Gasteiger partial charge in [-0.2, -0.15) is 13.2 Å². The van der Waals surface area contributed by atoms with Gasteiger partial charge in [0.1, 0.15) is 0 Å². The molecule has 0 atom stereocenters.